The molecule has 1 aromatic heterocycles. The Morgan fingerprint density at radius 1 is 0.886 bits per heavy atom. The number of para-hydroxylation sites is 1. The average Bonchev–Trinajstić information content (AvgIpc) is 3.30. The highest BCUT2D eigenvalue weighted by Crippen LogP contribution is 2.36. The minimum Gasteiger partial charge on any atom is -0.342 e. The van der Waals surface area contributed by atoms with E-state index in [2.05, 4.69) is 0 Å². The summed E-state index contributed by atoms with van der Waals surface area (Å²) >= 11 is 19.2. The molecule has 1 aliphatic rings. The number of hydrogen-bond donors (Lipinski definition) is 0. The van der Waals surface area contributed by atoms with Crippen molar-refractivity contribution in [2.75, 3.05) is 0 Å². The van der Waals surface area contributed by atoms with Crippen molar-refractivity contribution < 1.29 is 14.0 Å². The number of halogens is 4. The first kappa shape index (κ1) is 23.9. The highest BCUT2D eigenvalue weighted by Gasteiger charge is 2.35. The fraction of sp³-hybridized carbons (Fsp3) is 0.0769. The Morgan fingerprint density at radius 3 is 2.46 bits per heavy atom. The van der Waals surface area contributed by atoms with Gasteiger partial charge in [0.1, 0.15) is 5.82 Å². The van der Waals surface area contributed by atoms with Crippen molar-refractivity contribution >= 4 is 74.7 Å². The predicted molar refractivity (Wildman–Crippen MR) is 140 cm³/mol. The van der Waals surface area contributed by atoms with Gasteiger partial charge in [-0.15, -0.1) is 0 Å². The molecule has 9 heteroatoms. The van der Waals surface area contributed by atoms with Gasteiger partial charge in [-0.05, 0) is 59.3 Å². The molecule has 5 rings (SSSR count). The van der Waals surface area contributed by atoms with Crippen LogP contribution in [0.2, 0.25) is 15.1 Å². The van der Waals surface area contributed by atoms with E-state index < -0.39 is 5.82 Å². The van der Waals surface area contributed by atoms with Crippen molar-refractivity contribution in [1.82, 2.24) is 9.47 Å². The van der Waals surface area contributed by atoms with Crippen LogP contribution < -0.4 is 0 Å². The van der Waals surface area contributed by atoms with Crippen LogP contribution in [0.3, 0.4) is 0 Å². The summed E-state index contributed by atoms with van der Waals surface area (Å²) in [5.74, 6) is -0.766. The highest BCUT2D eigenvalue weighted by molar-refractivity contribution is 8.18. The Bertz CT molecular complexity index is 1530. The Morgan fingerprint density at radius 2 is 1.69 bits per heavy atom. The van der Waals surface area contributed by atoms with Gasteiger partial charge in [0.05, 0.1) is 21.5 Å². The summed E-state index contributed by atoms with van der Waals surface area (Å²) in [5.41, 5.74) is 3.19. The zero-order valence-corrected chi connectivity index (χ0v) is 21.1. The second-order valence-corrected chi connectivity index (χ2v) is 10.2. The van der Waals surface area contributed by atoms with Crippen molar-refractivity contribution in [2.24, 2.45) is 0 Å². The molecule has 1 fully saturated rings. The third-order valence-corrected chi connectivity index (χ3v) is 7.66. The summed E-state index contributed by atoms with van der Waals surface area (Å²) in [4.78, 5) is 27.2. The van der Waals surface area contributed by atoms with Gasteiger partial charge in [-0.1, -0.05) is 65.1 Å². The van der Waals surface area contributed by atoms with Gasteiger partial charge in [-0.2, -0.15) is 0 Å². The van der Waals surface area contributed by atoms with E-state index in [9.17, 15) is 14.0 Å². The zero-order valence-electron chi connectivity index (χ0n) is 18.0. The molecule has 3 aromatic carbocycles. The molecule has 0 bridgehead atoms. The number of aromatic nitrogens is 1. The third-order valence-electron chi connectivity index (χ3n) is 5.66. The van der Waals surface area contributed by atoms with Gasteiger partial charge in [-0.25, -0.2) is 4.39 Å². The average molecular weight is 546 g/mol. The number of amides is 2. The van der Waals surface area contributed by atoms with Crippen LogP contribution in [0.5, 0.6) is 0 Å². The highest BCUT2D eigenvalue weighted by atomic mass is 35.5. The molecule has 35 heavy (non-hydrogen) atoms. The maximum atomic E-state index is 13.5. The van der Waals surface area contributed by atoms with Crippen LogP contribution in [0, 0.1) is 5.82 Å². The molecular formula is C26H16Cl3FN2O2S. The molecule has 0 N–H and O–H groups in total. The van der Waals surface area contributed by atoms with E-state index in [0.29, 0.717) is 32.1 Å². The number of carbonyl (C=O) groups excluding carboxylic acids is 2. The molecule has 2 amide bonds. The predicted octanol–water partition coefficient (Wildman–Crippen LogP) is 8.03. The second kappa shape index (κ2) is 9.70. The molecule has 1 aliphatic heterocycles. The molecule has 0 radical (unpaired) electrons. The van der Waals surface area contributed by atoms with Gasteiger partial charge in [-0.3, -0.25) is 14.5 Å². The van der Waals surface area contributed by atoms with E-state index in [4.69, 9.17) is 34.8 Å². The Hall–Kier alpha value is -2.77. The van der Waals surface area contributed by atoms with E-state index >= 15 is 0 Å². The van der Waals surface area contributed by atoms with Crippen LogP contribution in [-0.2, 0) is 17.9 Å². The standard InChI is InChI=1S/C26H16Cl3FN2O2S/c27-20-8-5-15(9-22(20)29)12-32-25(33)24(35-26(32)34)10-17-14-31(23-4-2-1-3-19(17)23)13-16-6-7-18(30)11-21(16)28/h1-11,14H,12-13H2/b24-10-. The maximum absolute atomic E-state index is 13.5. The molecule has 176 valence electrons. The molecule has 0 atom stereocenters. The van der Waals surface area contributed by atoms with Crippen LogP contribution in [0.25, 0.3) is 17.0 Å². The molecule has 4 nitrogen and oxygen atoms in total. The van der Waals surface area contributed by atoms with Crippen molar-refractivity contribution in [1.29, 1.82) is 0 Å². The lowest BCUT2D eigenvalue weighted by atomic mass is 10.1. The monoisotopic (exact) mass is 544 g/mol. The first-order valence-corrected chi connectivity index (χ1v) is 12.5. The van der Waals surface area contributed by atoms with Crippen molar-refractivity contribution in [3.8, 4) is 0 Å². The van der Waals surface area contributed by atoms with Gasteiger partial charge in [0, 0.05) is 34.2 Å². The summed E-state index contributed by atoms with van der Waals surface area (Å²) in [6.45, 7) is 0.524. The number of nitrogens with zero attached hydrogens (tertiary/aromatic N) is 2. The zero-order chi connectivity index (χ0) is 24.7. The number of imide groups is 1. The minimum absolute atomic E-state index is 0.101. The lowest BCUT2D eigenvalue weighted by Crippen LogP contribution is -2.27. The lowest BCUT2D eigenvalue weighted by Gasteiger charge is -2.12. The fourth-order valence-corrected chi connectivity index (χ4v) is 5.33. The van der Waals surface area contributed by atoms with Crippen LogP contribution >= 0.6 is 46.6 Å². The maximum Gasteiger partial charge on any atom is 0.293 e. The summed E-state index contributed by atoms with van der Waals surface area (Å²) in [5, 5.41) is 1.67. The molecule has 0 spiro atoms. The summed E-state index contributed by atoms with van der Waals surface area (Å²) in [6.07, 6.45) is 3.63. The number of benzene rings is 3. The summed E-state index contributed by atoms with van der Waals surface area (Å²) < 4.78 is 15.5. The number of rotatable bonds is 5. The SMILES string of the molecule is O=C1S/C(=C\c2cn(Cc3ccc(F)cc3Cl)c3ccccc23)C(=O)N1Cc1ccc(Cl)c(Cl)c1. The van der Waals surface area contributed by atoms with Gasteiger partial charge in [0.25, 0.3) is 11.1 Å². The summed E-state index contributed by atoms with van der Waals surface area (Å²) in [7, 11) is 0. The normalized spacial score (nSPS) is 15.1. The van der Waals surface area contributed by atoms with Gasteiger partial charge < -0.3 is 4.57 Å². The molecule has 0 unspecified atom stereocenters. The van der Waals surface area contributed by atoms with Gasteiger partial charge in [0.15, 0.2) is 0 Å². The van der Waals surface area contributed by atoms with Crippen LogP contribution in [0.15, 0.2) is 71.8 Å². The Kier molecular flexibility index (Phi) is 6.64. The molecular weight excluding hydrogens is 530 g/mol. The van der Waals surface area contributed by atoms with Crippen molar-refractivity contribution in [3.63, 3.8) is 0 Å². The molecule has 4 aromatic rings. The molecule has 0 aliphatic carbocycles. The van der Waals surface area contributed by atoms with Gasteiger partial charge >= 0.3 is 0 Å². The fourth-order valence-electron chi connectivity index (χ4n) is 3.95. The van der Waals surface area contributed by atoms with Crippen molar-refractivity contribution in [2.45, 2.75) is 13.1 Å². The van der Waals surface area contributed by atoms with Crippen molar-refractivity contribution in [3.05, 3.63) is 109 Å². The molecule has 1 saturated heterocycles. The molecule has 0 saturated carbocycles. The molecule has 2 heterocycles. The number of thioether (sulfide) groups is 1. The third kappa shape index (κ3) is 4.84. The first-order valence-electron chi connectivity index (χ1n) is 10.5. The Labute approximate surface area is 219 Å². The Balaban J connectivity index is 1.46. The summed E-state index contributed by atoms with van der Waals surface area (Å²) in [6, 6.07) is 17.1. The van der Waals surface area contributed by atoms with Gasteiger partial charge in [0.2, 0.25) is 0 Å². The topological polar surface area (TPSA) is 42.3 Å². The number of hydrogen-bond acceptors (Lipinski definition) is 3. The van der Waals surface area contributed by atoms with E-state index in [1.807, 2.05) is 35.0 Å². The van der Waals surface area contributed by atoms with E-state index in [1.54, 1.807) is 30.3 Å². The first-order chi connectivity index (χ1) is 16.8. The minimum atomic E-state index is -0.395. The smallest absolute Gasteiger partial charge is 0.293 e. The van der Waals surface area contributed by atoms with Crippen LogP contribution in [-0.4, -0.2) is 20.6 Å². The second-order valence-electron chi connectivity index (χ2n) is 7.98. The number of carbonyl (C=O) groups is 2. The lowest BCUT2D eigenvalue weighted by molar-refractivity contribution is -0.123. The number of fused-ring (bicyclic) bond motifs is 1. The van der Waals surface area contributed by atoms with Crippen LogP contribution in [0.4, 0.5) is 9.18 Å². The largest absolute Gasteiger partial charge is 0.342 e. The quantitative estimate of drug-likeness (QED) is 0.238. The van der Waals surface area contributed by atoms with E-state index in [-0.39, 0.29) is 17.7 Å². The van der Waals surface area contributed by atoms with Crippen LogP contribution in [0.1, 0.15) is 16.7 Å². The van der Waals surface area contributed by atoms with E-state index in [0.717, 1.165) is 33.8 Å². The van der Waals surface area contributed by atoms with E-state index in [1.165, 1.54) is 17.0 Å².